The summed E-state index contributed by atoms with van der Waals surface area (Å²) in [7, 11) is 1.70. The van der Waals surface area contributed by atoms with E-state index in [2.05, 4.69) is 38.8 Å². The van der Waals surface area contributed by atoms with Gasteiger partial charge in [-0.2, -0.15) is 5.10 Å². The smallest absolute Gasteiger partial charge is 0.138 e. The molecule has 142 valence electrons. The highest BCUT2D eigenvalue weighted by Gasteiger charge is 2.23. The Balaban J connectivity index is 1.38. The van der Waals surface area contributed by atoms with Crippen molar-refractivity contribution < 1.29 is 9.26 Å². The molecule has 2 aromatic heterocycles. The molecule has 4 rings (SSSR count). The third-order valence-electron chi connectivity index (χ3n) is 5.11. The molecule has 1 unspecified atom stereocenters. The molecule has 0 bridgehead atoms. The lowest BCUT2D eigenvalue weighted by atomic mass is 10.1. The van der Waals surface area contributed by atoms with Crippen molar-refractivity contribution >= 4 is 5.69 Å². The number of benzene rings is 1. The van der Waals surface area contributed by atoms with Crippen molar-refractivity contribution in [3.8, 4) is 5.75 Å². The molecule has 3 heterocycles. The second-order valence-corrected chi connectivity index (χ2v) is 7.04. The van der Waals surface area contributed by atoms with E-state index in [1.807, 2.05) is 36.9 Å². The van der Waals surface area contributed by atoms with Crippen molar-refractivity contribution in [1.29, 1.82) is 0 Å². The van der Waals surface area contributed by atoms with Crippen molar-refractivity contribution in [3.63, 3.8) is 0 Å². The number of ether oxygens (including phenoxy) is 1. The summed E-state index contributed by atoms with van der Waals surface area (Å²) in [6, 6.07) is 8.67. The van der Waals surface area contributed by atoms with Crippen LogP contribution in [0.25, 0.3) is 0 Å². The van der Waals surface area contributed by atoms with Crippen LogP contribution in [0.3, 0.4) is 0 Å². The highest BCUT2D eigenvalue weighted by atomic mass is 16.5. The van der Waals surface area contributed by atoms with E-state index in [9.17, 15) is 0 Å². The van der Waals surface area contributed by atoms with Crippen molar-refractivity contribution in [2.75, 3.05) is 25.2 Å². The second kappa shape index (κ2) is 7.44. The SMILES string of the molecule is COc1cccc(CC2CN(c3cnn(Cc4c(C)noc4C)c3)CN2)c1. The molecule has 7 nitrogen and oxygen atoms in total. The lowest BCUT2D eigenvalue weighted by molar-refractivity contribution is 0.391. The molecule has 1 saturated heterocycles. The van der Waals surface area contributed by atoms with Gasteiger partial charge in [-0.15, -0.1) is 0 Å². The lowest BCUT2D eigenvalue weighted by Crippen LogP contribution is -2.26. The van der Waals surface area contributed by atoms with Gasteiger partial charge in [0.1, 0.15) is 11.5 Å². The van der Waals surface area contributed by atoms with Crippen molar-refractivity contribution in [1.82, 2.24) is 20.3 Å². The molecular formula is C20H25N5O2. The molecule has 27 heavy (non-hydrogen) atoms. The molecule has 7 heteroatoms. The number of rotatable bonds is 6. The van der Waals surface area contributed by atoms with Crippen LogP contribution in [-0.4, -0.2) is 41.3 Å². The highest BCUT2D eigenvalue weighted by molar-refractivity contribution is 5.44. The molecular weight excluding hydrogens is 342 g/mol. The zero-order chi connectivity index (χ0) is 18.8. The Bertz CT molecular complexity index is 897. The maximum Gasteiger partial charge on any atom is 0.138 e. The first-order valence-electron chi connectivity index (χ1n) is 9.18. The fourth-order valence-corrected chi connectivity index (χ4v) is 3.54. The van der Waals surface area contributed by atoms with Gasteiger partial charge in [-0.05, 0) is 38.0 Å². The Morgan fingerprint density at radius 3 is 3.00 bits per heavy atom. The maximum atomic E-state index is 5.32. The number of methoxy groups -OCH3 is 1. The Hall–Kier alpha value is -2.80. The van der Waals surface area contributed by atoms with Gasteiger partial charge in [-0.1, -0.05) is 17.3 Å². The van der Waals surface area contributed by atoms with Crippen LogP contribution in [-0.2, 0) is 13.0 Å². The molecule has 0 saturated carbocycles. The minimum atomic E-state index is 0.406. The number of anilines is 1. The molecule has 1 aliphatic rings. The first-order chi connectivity index (χ1) is 13.1. The molecule has 3 aromatic rings. The fraction of sp³-hybridized carbons (Fsp3) is 0.400. The Labute approximate surface area is 158 Å². The number of aromatic nitrogens is 3. The molecule has 1 aliphatic heterocycles. The van der Waals surface area contributed by atoms with Gasteiger partial charge in [0.25, 0.3) is 0 Å². The number of hydrogen-bond donors (Lipinski definition) is 1. The highest BCUT2D eigenvalue weighted by Crippen LogP contribution is 2.21. The Morgan fingerprint density at radius 1 is 1.33 bits per heavy atom. The zero-order valence-electron chi connectivity index (χ0n) is 16.0. The minimum absolute atomic E-state index is 0.406. The monoisotopic (exact) mass is 367 g/mol. The predicted octanol–water partition coefficient (Wildman–Crippen LogP) is 2.52. The van der Waals surface area contributed by atoms with Gasteiger partial charge < -0.3 is 14.2 Å². The summed E-state index contributed by atoms with van der Waals surface area (Å²) in [5.74, 6) is 1.76. The summed E-state index contributed by atoms with van der Waals surface area (Å²) >= 11 is 0. The second-order valence-electron chi connectivity index (χ2n) is 7.04. The lowest BCUT2D eigenvalue weighted by Gasteiger charge is -2.15. The molecule has 1 aromatic carbocycles. The summed E-state index contributed by atoms with van der Waals surface area (Å²) in [5, 5.41) is 12.1. The number of nitrogens with one attached hydrogen (secondary N) is 1. The van der Waals surface area contributed by atoms with Gasteiger partial charge in [-0.3, -0.25) is 10.00 Å². The number of nitrogens with zero attached hydrogens (tertiary/aromatic N) is 4. The first-order valence-corrected chi connectivity index (χ1v) is 9.18. The van der Waals surface area contributed by atoms with Crippen LogP contribution in [0.1, 0.15) is 22.6 Å². The normalized spacial score (nSPS) is 16.9. The average molecular weight is 367 g/mol. The first kappa shape index (κ1) is 17.6. The minimum Gasteiger partial charge on any atom is -0.497 e. The topological polar surface area (TPSA) is 68.3 Å². The maximum absolute atomic E-state index is 5.32. The number of aryl methyl sites for hydroxylation is 2. The zero-order valence-corrected chi connectivity index (χ0v) is 16.0. The molecule has 0 aliphatic carbocycles. The van der Waals surface area contributed by atoms with Crippen LogP contribution in [0.4, 0.5) is 5.69 Å². The summed E-state index contributed by atoms with van der Waals surface area (Å²) in [5.41, 5.74) is 4.43. The van der Waals surface area contributed by atoms with Crippen LogP contribution < -0.4 is 15.0 Å². The average Bonchev–Trinajstić information content (AvgIpc) is 3.39. The van der Waals surface area contributed by atoms with Gasteiger partial charge in [-0.25, -0.2) is 0 Å². The summed E-state index contributed by atoms with van der Waals surface area (Å²) in [6.07, 6.45) is 4.98. The number of hydrogen-bond acceptors (Lipinski definition) is 6. The van der Waals surface area contributed by atoms with Crippen molar-refractivity contribution in [2.24, 2.45) is 0 Å². The molecule has 0 amide bonds. The molecule has 1 atom stereocenters. The van der Waals surface area contributed by atoms with E-state index < -0.39 is 0 Å². The summed E-state index contributed by atoms with van der Waals surface area (Å²) < 4.78 is 12.5. The van der Waals surface area contributed by atoms with Crippen molar-refractivity contribution in [2.45, 2.75) is 32.9 Å². The molecule has 1 N–H and O–H groups in total. The molecule has 0 radical (unpaired) electrons. The quantitative estimate of drug-likeness (QED) is 0.722. The van der Waals surface area contributed by atoms with Crippen LogP contribution in [0.15, 0.2) is 41.2 Å². The molecule has 0 spiro atoms. The van der Waals surface area contributed by atoms with E-state index in [0.29, 0.717) is 12.6 Å². The molecule has 1 fully saturated rings. The van der Waals surface area contributed by atoms with Crippen molar-refractivity contribution in [3.05, 3.63) is 59.2 Å². The van der Waals surface area contributed by atoms with E-state index in [4.69, 9.17) is 9.26 Å². The Morgan fingerprint density at radius 2 is 2.22 bits per heavy atom. The van der Waals surface area contributed by atoms with Gasteiger partial charge in [0.2, 0.25) is 0 Å². The van der Waals surface area contributed by atoms with Gasteiger partial charge in [0.15, 0.2) is 0 Å². The van der Waals surface area contributed by atoms with E-state index in [-0.39, 0.29) is 0 Å². The third kappa shape index (κ3) is 3.83. The van der Waals surface area contributed by atoms with E-state index in [1.165, 1.54) is 5.56 Å². The standard InChI is InChI=1S/C20H25N5O2/c1-14-20(15(2)27-23-14)12-25-11-18(9-22-25)24-10-17(21-13-24)7-16-5-4-6-19(8-16)26-3/h4-6,8-9,11,17,21H,7,10,12-13H2,1-3H3. The van der Waals surface area contributed by atoms with Crippen LogP contribution in [0, 0.1) is 13.8 Å². The fourth-order valence-electron chi connectivity index (χ4n) is 3.54. The van der Waals surface area contributed by atoms with Gasteiger partial charge in [0, 0.05) is 24.3 Å². The Kier molecular flexibility index (Phi) is 4.85. The van der Waals surface area contributed by atoms with Crippen LogP contribution in [0.5, 0.6) is 5.75 Å². The summed E-state index contributed by atoms with van der Waals surface area (Å²) in [6.45, 7) is 6.35. The van der Waals surface area contributed by atoms with E-state index >= 15 is 0 Å². The van der Waals surface area contributed by atoms with Gasteiger partial charge >= 0.3 is 0 Å². The largest absolute Gasteiger partial charge is 0.497 e. The third-order valence-corrected chi connectivity index (χ3v) is 5.11. The summed E-state index contributed by atoms with van der Waals surface area (Å²) in [4.78, 5) is 2.32. The van der Waals surface area contributed by atoms with Crippen LogP contribution in [0.2, 0.25) is 0 Å². The predicted molar refractivity (Wildman–Crippen MR) is 103 cm³/mol. The van der Waals surface area contributed by atoms with Crippen LogP contribution >= 0.6 is 0 Å². The van der Waals surface area contributed by atoms with Gasteiger partial charge in [0.05, 0.1) is 37.9 Å². The van der Waals surface area contributed by atoms with E-state index in [1.54, 1.807) is 7.11 Å². The van der Waals surface area contributed by atoms with E-state index in [0.717, 1.165) is 48.1 Å².